The fourth-order valence-electron chi connectivity index (χ4n) is 3.66. The van der Waals surface area contributed by atoms with E-state index in [1.165, 1.54) is 4.90 Å². The molecule has 8 nitrogen and oxygen atoms in total. The van der Waals surface area contributed by atoms with Crippen LogP contribution in [0, 0.1) is 0 Å². The van der Waals surface area contributed by atoms with Gasteiger partial charge in [-0.15, -0.1) is 0 Å². The number of pyridine rings is 1. The minimum atomic E-state index is -0.625. The SMILES string of the molecule is O=C1CCC(N2Cc3ccc(CCC(=O)Nc4ccccn4)cc3C2=O)C(=O)N1. The molecule has 2 aliphatic rings. The maximum atomic E-state index is 12.8. The van der Waals surface area contributed by atoms with Crippen molar-refractivity contribution in [1.29, 1.82) is 0 Å². The van der Waals surface area contributed by atoms with Crippen LogP contribution in [0.15, 0.2) is 42.6 Å². The molecule has 2 aliphatic heterocycles. The Morgan fingerprint density at radius 2 is 2.07 bits per heavy atom. The van der Waals surface area contributed by atoms with Crippen molar-refractivity contribution in [2.24, 2.45) is 0 Å². The predicted molar refractivity (Wildman–Crippen MR) is 104 cm³/mol. The Balaban J connectivity index is 1.39. The topological polar surface area (TPSA) is 108 Å². The smallest absolute Gasteiger partial charge is 0.255 e. The number of rotatable bonds is 5. The lowest BCUT2D eigenvalue weighted by Gasteiger charge is -2.29. The van der Waals surface area contributed by atoms with Crippen molar-refractivity contribution < 1.29 is 19.2 Å². The van der Waals surface area contributed by atoms with E-state index in [1.807, 2.05) is 12.1 Å². The molecule has 3 heterocycles. The van der Waals surface area contributed by atoms with Gasteiger partial charge in [-0.2, -0.15) is 0 Å². The number of amides is 4. The van der Waals surface area contributed by atoms with E-state index < -0.39 is 11.9 Å². The van der Waals surface area contributed by atoms with E-state index in [0.29, 0.717) is 30.8 Å². The van der Waals surface area contributed by atoms with E-state index >= 15 is 0 Å². The highest BCUT2D eigenvalue weighted by Gasteiger charge is 2.39. The minimum absolute atomic E-state index is 0.152. The summed E-state index contributed by atoms with van der Waals surface area (Å²) in [5, 5.41) is 5.03. The summed E-state index contributed by atoms with van der Waals surface area (Å²) in [4.78, 5) is 54.0. The fraction of sp³-hybridized carbons (Fsp3) is 0.286. The molecule has 1 fully saturated rings. The molecular weight excluding hydrogens is 372 g/mol. The van der Waals surface area contributed by atoms with Crippen molar-refractivity contribution in [3.05, 3.63) is 59.3 Å². The van der Waals surface area contributed by atoms with E-state index in [9.17, 15) is 19.2 Å². The third kappa shape index (κ3) is 4.01. The molecule has 4 amide bonds. The molecule has 8 heteroatoms. The Morgan fingerprint density at radius 1 is 1.21 bits per heavy atom. The summed E-state index contributed by atoms with van der Waals surface area (Å²) in [6.45, 7) is 0.348. The predicted octanol–water partition coefficient (Wildman–Crippen LogP) is 1.41. The molecule has 4 rings (SSSR count). The molecule has 1 unspecified atom stereocenters. The first kappa shape index (κ1) is 18.8. The van der Waals surface area contributed by atoms with Crippen LogP contribution in [0.25, 0.3) is 0 Å². The quantitative estimate of drug-likeness (QED) is 0.748. The molecule has 1 atom stereocenters. The van der Waals surface area contributed by atoms with Crippen LogP contribution in [0.3, 0.4) is 0 Å². The molecule has 0 spiro atoms. The van der Waals surface area contributed by atoms with Crippen LogP contribution >= 0.6 is 0 Å². The molecule has 29 heavy (non-hydrogen) atoms. The largest absolute Gasteiger partial charge is 0.322 e. The van der Waals surface area contributed by atoms with E-state index in [0.717, 1.165) is 11.1 Å². The van der Waals surface area contributed by atoms with E-state index in [4.69, 9.17) is 0 Å². The maximum Gasteiger partial charge on any atom is 0.255 e. The van der Waals surface area contributed by atoms with Gasteiger partial charge in [-0.1, -0.05) is 18.2 Å². The van der Waals surface area contributed by atoms with Crippen molar-refractivity contribution in [1.82, 2.24) is 15.2 Å². The first-order valence-corrected chi connectivity index (χ1v) is 9.48. The molecule has 1 saturated heterocycles. The highest BCUT2D eigenvalue weighted by Crippen LogP contribution is 2.28. The Kier molecular flexibility index (Phi) is 5.07. The molecule has 1 aromatic heterocycles. The number of aromatic nitrogens is 1. The molecular formula is C21H20N4O4. The Labute approximate surface area is 167 Å². The molecule has 0 radical (unpaired) electrons. The van der Waals surface area contributed by atoms with Gasteiger partial charge in [0.25, 0.3) is 5.91 Å². The molecule has 1 aromatic carbocycles. The number of fused-ring (bicyclic) bond motifs is 1. The van der Waals surface area contributed by atoms with Crippen molar-refractivity contribution in [2.45, 2.75) is 38.3 Å². The number of carbonyl (C=O) groups excluding carboxylic acids is 4. The number of carbonyl (C=O) groups is 4. The lowest BCUT2D eigenvalue weighted by atomic mass is 10.0. The van der Waals surface area contributed by atoms with Gasteiger partial charge < -0.3 is 10.2 Å². The number of nitrogens with zero attached hydrogens (tertiary/aromatic N) is 2. The van der Waals surface area contributed by atoms with Gasteiger partial charge in [0.2, 0.25) is 17.7 Å². The third-order valence-electron chi connectivity index (χ3n) is 5.17. The summed E-state index contributed by atoms with van der Waals surface area (Å²) in [5.74, 6) is -0.591. The van der Waals surface area contributed by atoms with Crippen LogP contribution in [-0.2, 0) is 27.3 Å². The number of nitrogens with one attached hydrogen (secondary N) is 2. The molecule has 148 valence electrons. The van der Waals surface area contributed by atoms with Crippen molar-refractivity contribution in [3.8, 4) is 0 Å². The zero-order valence-electron chi connectivity index (χ0n) is 15.7. The van der Waals surface area contributed by atoms with Gasteiger partial charge in [-0.3, -0.25) is 24.5 Å². The number of imide groups is 1. The van der Waals surface area contributed by atoms with Crippen LogP contribution < -0.4 is 10.6 Å². The summed E-state index contributed by atoms with van der Waals surface area (Å²) in [6.07, 6.45) is 2.92. The second-order valence-corrected chi connectivity index (χ2v) is 7.15. The van der Waals surface area contributed by atoms with Crippen LogP contribution in [0.5, 0.6) is 0 Å². The number of piperidine rings is 1. The first-order valence-electron chi connectivity index (χ1n) is 9.48. The lowest BCUT2D eigenvalue weighted by Crippen LogP contribution is -2.52. The summed E-state index contributed by atoms with van der Waals surface area (Å²) in [5.41, 5.74) is 2.28. The lowest BCUT2D eigenvalue weighted by molar-refractivity contribution is -0.137. The van der Waals surface area contributed by atoms with Gasteiger partial charge in [-0.25, -0.2) is 4.98 Å². The normalized spacial score (nSPS) is 18.4. The summed E-state index contributed by atoms with van der Waals surface area (Å²) < 4.78 is 0. The van der Waals surface area contributed by atoms with Crippen molar-refractivity contribution >= 4 is 29.4 Å². The van der Waals surface area contributed by atoms with Gasteiger partial charge in [0.05, 0.1) is 0 Å². The minimum Gasteiger partial charge on any atom is -0.322 e. The monoisotopic (exact) mass is 392 g/mol. The fourth-order valence-corrected chi connectivity index (χ4v) is 3.66. The summed E-state index contributed by atoms with van der Waals surface area (Å²) in [7, 11) is 0. The Bertz CT molecular complexity index is 989. The van der Waals surface area contributed by atoms with Crippen LogP contribution in [0.4, 0.5) is 5.82 Å². The van der Waals surface area contributed by atoms with E-state index in [2.05, 4.69) is 15.6 Å². The third-order valence-corrected chi connectivity index (χ3v) is 5.17. The van der Waals surface area contributed by atoms with Gasteiger partial charge in [0.15, 0.2) is 0 Å². The van der Waals surface area contributed by atoms with Crippen LogP contribution in [-0.4, -0.2) is 39.6 Å². The van der Waals surface area contributed by atoms with Gasteiger partial charge in [0, 0.05) is 31.1 Å². The molecule has 2 aromatic rings. The highest BCUT2D eigenvalue weighted by atomic mass is 16.2. The molecule has 2 N–H and O–H groups in total. The number of anilines is 1. The van der Waals surface area contributed by atoms with E-state index in [-0.39, 0.29) is 30.6 Å². The van der Waals surface area contributed by atoms with Crippen molar-refractivity contribution in [2.75, 3.05) is 5.32 Å². The zero-order chi connectivity index (χ0) is 20.4. The number of benzene rings is 1. The zero-order valence-corrected chi connectivity index (χ0v) is 15.7. The second kappa shape index (κ2) is 7.83. The van der Waals surface area contributed by atoms with E-state index in [1.54, 1.807) is 30.5 Å². The van der Waals surface area contributed by atoms with Crippen LogP contribution in [0.1, 0.15) is 40.7 Å². The van der Waals surface area contributed by atoms with Crippen molar-refractivity contribution in [3.63, 3.8) is 0 Å². The van der Waals surface area contributed by atoms with Gasteiger partial charge >= 0.3 is 0 Å². The van der Waals surface area contributed by atoms with Crippen LogP contribution in [0.2, 0.25) is 0 Å². The Morgan fingerprint density at radius 3 is 2.83 bits per heavy atom. The molecule has 0 aliphatic carbocycles. The Hall–Kier alpha value is -3.55. The summed E-state index contributed by atoms with van der Waals surface area (Å²) >= 11 is 0. The maximum absolute atomic E-state index is 12.8. The number of hydrogen-bond donors (Lipinski definition) is 2. The number of hydrogen-bond acceptors (Lipinski definition) is 5. The number of aryl methyl sites for hydroxylation is 1. The molecule has 0 bridgehead atoms. The second-order valence-electron chi connectivity index (χ2n) is 7.15. The highest BCUT2D eigenvalue weighted by molar-refractivity contribution is 6.05. The average Bonchev–Trinajstić information content (AvgIpc) is 3.03. The standard InChI is InChI=1S/C21H20N4O4/c26-18(23-17-3-1-2-10-22-17)8-5-13-4-6-14-12-25(21(29)15(14)11-13)16-7-9-19(27)24-20(16)28/h1-4,6,10-11,16H,5,7-9,12H2,(H,22,23,26)(H,24,27,28). The summed E-state index contributed by atoms with van der Waals surface area (Å²) in [6, 6.07) is 10.2. The average molecular weight is 392 g/mol. The van der Waals surface area contributed by atoms with Gasteiger partial charge in [-0.05, 0) is 42.2 Å². The van der Waals surface area contributed by atoms with Gasteiger partial charge in [0.1, 0.15) is 11.9 Å². The first-order chi connectivity index (χ1) is 14.0. The molecule has 0 saturated carbocycles.